The number of H-pyrrole nitrogens is 1. The van der Waals surface area contributed by atoms with Crippen molar-refractivity contribution in [2.75, 3.05) is 0 Å². The van der Waals surface area contributed by atoms with Gasteiger partial charge in [0.25, 0.3) is 11.2 Å². The molecule has 9 nitrogen and oxygen atoms in total. The number of nitrogens with one attached hydrogen (secondary N) is 1. The number of nitrogens with zero attached hydrogens (tertiary/aromatic N) is 3. The van der Waals surface area contributed by atoms with Crippen molar-refractivity contribution in [1.29, 1.82) is 0 Å². The van der Waals surface area contributed by atoms with E-state index in [0.717, 1.165) is 11.1 Å². The molecule has 0 aliphatic carbocycles. The van der Waals surface area contributed by atoms with Crippen molar-refractivity contribution >= 4 is 5.69 Å². The first kappa shape index (κ1) is 21.0. The lowest BCUT2D eigenvalue weighted by molar-refractivity contribution is -0.384. The van der Waals surface area contributed by atoms with Gasteiger partial charge in [0, 0.05) is 30.3 Å². The zero-order valence-corrected chi connectivity index (χ0v) is 17.7. The van der Waals surface area contributed by atoms with Crippen LogP contribution in [0.4, 0.5) is 5.69 Å². The van der Waals surface area contributed by atoms with Gasteiger partial charge >= 0.3 is 0 Å². The summed E-state index contributed by atoms with van der Waals surface area (Å²) in [6, 6.07) is 19.1. The predicted molar refractivity (Wildman–Crippen MR) is 125 cm³/mol. The Hall–Kier alpha value is -4.92. The van der Waals surface area contributed by atoms with Gasteiger partial charge in [0.15, 0.2) is 5.82 Å². The quantitative estimate of drug-likeness (QED) is 0.269. The van der Waals surface area contributed by atoms with Gasteiger partial charge in [-0.25, -0.2) is 4.98 Å². The lowest BCUT2D eigenvalue weighted by Crippen LogP contribution is -2.16. The van der Waals surface area contributed by atoms with Gasteiger partial charge in [0.05, 0.1) is 16.3 Å². The van der Waals surface area contributed by atoms with E-state index >= 15 is 0 Å². The van der Waals surface area contributed by atoms with E-state index in [4.69, 9.17) is 0 Å². The smallest absolute Gasteiger partial charge is 0.278 e. The van der Waals surface area contributed by atoms with Crippen LogP contribution in [-0.2, 0) is 6.42 Å². The summed E-state index contributed by atoms with van der Waals surface area (Å²) in [7, 11) is 0. The molecule has 2 aliphatic rings. The number of aromatic nitrogens is 3. The van der Waals surface area contributed by atoms with Crippen LogP contribution in [0.3, 0.4) is 0 Å². The highest BCUT2D eigenvalue weighted by Crippen LogP contribution is 2.30. The fourth-order valence-corrected chi connectivity index (χ4v) is 3.77. The minimum atomic E-state index is -0.475. The first-order valence-corrected chi connectivity index (χ1v) is 10.4. The van der Waals surface area contributed by atoms with Crippen molar-refractivity contribution in [3.05, 3.63) is 111 Å². The van der Waals surface area contributed by atoms with E-state index < -0.39 is 4.92 Å². The molecule has 9 heteroatoms. The zero-order chi connectivity index (χ0) is 23.8. The normalized spacial score (nSPS) is 11.1. The summed E-state index contributed by atoms with van der Waals surface area (Å²) >= 11 is 0. The zero-order valence-electron chi connectivity index (χ0n) is 17.7. The van der Waals surface area contributed by atoms with Gasteiger partial charge in [-0.1, -0.05) is 12.1 Å². The van der Waals surface area contributed by atoms with Crippen LogP contribution in [-0.4, -0.2) is 29.7 Å². The van der Waals surface area contributed by atoms with Crippen LogP contribution >= 0.6 is 0 Å². The third kappa shape index (κ3) is 3.86. The highest BCUT2D eigenvalue weighted by molar-refractivity contribution is 5.72. The molecule has 0 saturated carbocycles. The maximum absolute atomic E-state index is 13.3. The maximum atomic E-state index is 13.3. The predicted octanol–water partition coefficient (Wildman–Crippen LogP) is 4.24. The van der Waals surface area contributed by atoms with Crippen molar-refractivity contribution in [3.8, 4) is 39.8 Å². The van der Waals surface area contributed by atoms with Crippen molar-refractivity contribution in [1.82, 2.24) is 14.5 Å². The number of non-ortho nitro benzene ring substituents is 1. The summed E-state index contributed by atoms with van der Waals surface area (Å²) in [4.78, 5) is 31.8. The van der Waals surface area contributed by atoms with E-state index in [1.165, 1.54) is 16.7 Å². The van der Waals surface area contributed by atoms with Gasteiger partial charge in [-0.05, 0) is 59.7 Å². The number of nitro groups is 1. The fourth-order valence-electron chi connectivity index (χ4n) is 3.77. The van der Waals surface area contributed by atoms with E-state index in [-0.39, 0.29) is 29.2 Å². The number of hydrogen-bond acceptors (Lipinski definition) is 6. The highest BCUT2D eigenvalue weighted by atomic mass is 16.6. The Labute approximate surface area is 192 Å². The first-order valence-electron chi connectivity index (χ1n) is 10.4. The molecule has 3 N–H and O–H groups in total. The van der Waals surface area contributed by atoms with E-state index in [0.29, 0.717) is 28.5 Å². The second kappa shape index (κ2) is 8.21. The number of rotatable bonds is 5. The molecule has 0 spiro atoms. The van der Waals surface area contributed by atoms with Crippen LogP contribution in [0.1, 0.15) is 11.3 Å². The molecule has 0 bridgehead atoms. The van der Waals surface area contributed by atoms with Crippen molar-refractivity contribution in [2.24, 2.45) is 0 Å². The Morgan fingerprint density at radius 3 is 2.09 bits per heavy atom. The van der Waals surface area contributed by atoms with Crippen LogP contribution in [0.2, 0.25) is 0 Å². The maximum Gasteiger partial charge on any atom is 0.278 e. The Kier molecular flexibility index (Phi) is 5.06. The minimum absolute atomic E-state index is 0.0460. The van der Waals surface area contributed by atoms with Crippen molar-refractivity contribution in [2.45, 2.75) is 6.42 Å². The first-order chi connectivity index (χ1) is 16.4. The van der Waals surface area contributed by atoms with E-state index in [1.54, 1.807) is 66.9 Å². The Morgan fingerprint density at radius 1 is 0.882 bits per heavy atom. The molecule has 0 aromatic heterocycles. The van der Waals surface area contributed by atoms with Crippen LogP contribution in [0.15, 0.2) is 83.8 Å². The third-order valence-corrected chi connectivity index (χ3v) is 5.53. The lowest BCUT2D eigenvalue weighted by Gasteiger charge is -2.13. The van der Waals surface area contributed by atoms with Gasteiger partial charge in [-0.2, -0.15) is 0 Å². The number of aromatic hydroxyl groups is 2. The second-order valence-electron chi connectivity index (χ2n) is 7.79. The van der Waals surface area contributed by atoms with Crippen LogP contribution in [0.5, 0.6) is 11.5 Å². The van der Waals surface area contributed by atoms with Gasteiger partial charge < -0.3 is 15.2 Å². The van der Waals surface area contributed by atoms with Crippen LogP contribution in [0, 0.1) is 10.1 Å². The molecule has 3 aromatic carbocycles. The largest absolute Gasteiger partial charge is 0.508 e. The summed E-state index contributed by atoms with van der Waals surface area (Å²) in [6.07, 6.45) is 1.92. The van der Waals surface area contributed by atoms with Crippen LogP contribution in [0.25, 0.3) is 28.3 Å². The average Bonchev–Trinajstić information content (AvgIpc) is 3.15. The molecule has 0 unspecified atom stereocenters. The fraction of sp³-hybridized carbons (Fsp3) is 0.0400. The summed E-state index contributed by atoms with van der Waals surface area (Å²) in [5, 5.41) is 30.2. The summed E-state index contributed by atoms with van der Waals surface area (Å²) in [5.41, 5.74) is 3.29. The molecule has 0 atom stereocenters. The molecule has 168 valence electrons. The summed E-state index contributed by atoms with van der Waals surface area (Å²) in [6.45, 7) is 0. The van der Waals surface area contributed by atoms with E-state index in [2.05, 4.69) is 9.97 Å². The van der Waals surface area contributed by atoms with Gasteiger partial charge in [0.1, 0.15) is 17.2 Å². The minimum Gasteiger partial charge on any atom is -0.508 e. The second-order valence-corrected chi connectivity index (χ2v) is 7.79. The van der Waals surface area contributed by atoms with Crippen molar-refractivity contribution < 1.29 is 15.1 Å². The lowest BCUT2D eigenvalue weighted by atomic mass is 10.1. The molecule has 0 radical (unpaired) electrons. The molecule has 0 saturated heterocycles. The number of phenolic OH excluding ortho intramolecular Hbond substituents is 2. The Bertz CT molecular complexity index is 1520. The number of nitro benzene ring substituents is 1. The molecule has 3 aromatic rings. The Morgan fingerprint density at radius 2 is 1.47 bits per heavy atom. The topological polar surface area (TPSA) is 134 Å². The van der Waals surface area contributed by atoms with Gasteiger partial charge in [0.2, 0.25) is 0 Å². The molecule has 5 rings (SSSR count). The van der Waals surface area contributed by atoms with E-state index in [9.17, 15) is 25.1 Å². The van der Waals surface area contributed by atoms with Gasteiger partial charge in [-0.3, -0.25) is 19.5 Å². The molecular formula is C25H18N4O5. The number of phenols is 2. The molecule has 2 heterocycles. The summed E-state index contributed by atoms with van der Waals surface area (Å²) in [5.74, 6) is 0.633. The molecule has 0 fully saturated rings. The van der Waals surface area contributed by atoms with Gasteiger partial charge in [-0.15, -0.1) is 0 Å². The summed E-state index contributed by atoms with van der Waals surface area (Å²) < 4.78 is 1.45. The number of hydrogen-bond donors (Lipinski definition) is 3. The number of aromatic amines is 1. The highest BCUT2D eigenvalue weighted by Gasteiger charge is 2.21. The van der Waals surface area contributed by atoms with Crippen molar-refractivity contribution in [3.63, 3.8) is 0 Å². The standard InChI is InChI=1S/C25H18N4O5/c30-19-9-1-15(2-10-19)13-21-25(32)28-14-22(16-5-11-20(31)12-6-16)26-23(24(28)27-21)17-3-7-18(8-4-17)29(33)34/h1-12,14,26,30-31H,13H2. The molecule has 2 aliphatic heterocycles. The van der Waals surface area contributed by atoms with E-state index in [1.807, 2.05) is 0 Å². The number of benzene rings is 3. The third-order valence-electron chi connectivity index (χ3n) is 5.53. The molecule has 34 heavy (non-hydrogen) atoms. The Balaban J connectivity index is 1.68. The monoisotopic (exact) mass is 454 g/mol. The number of imidazole rings is 1. The van der Waals surface area contributed by atoms with Crippen LogP contribution < -0.4 is 5.56 Å². The average molecular weight is 454 g/mol. The molecule has 0 amide bonds. The SMILES string of the molecule is O=c1c(Cc2ccc(O)cc2)nc2c(-c3ccc([N+](=O)[O-])cc3)[nH]c(-c3ccc(O)cc3)cn1-2. The number of fused-ring (bicyclic) bond motifs is 1. The molecular weight excluding hydrogens is 436 g/mol.